The number of hydrogen-bond acceptors (Lipinski definition) is 2. The summed E-state index contributed by atoms with van der Waals surface area (Å²) in [4.78, 5) is 15.2. The molecule has 1 aromatic rings. The molecule has 1 aromatic heterocycles. The van der Waals surface area contributed by atoms with Crippen LogP contribution < -0.4 is 0 Å². The Labute approximate surface area is 95.3 Å². The van der Waals surface area contributed by atoms with Crippen molar-refractivity contribution in [2.75, 3.05) is 0 Å². The highest BCUT2D eigenvalue weighted by molar-refractivity contribution is 5.70. The van der Waals surface area contributed by atoms with Gasteiger partial charge in [0.2, 0.25) is 0 Å². The predicted molar refractivity (Wildman–Crippen MR) is 60.4 cm³/mol. The zero-order valence-corrected chi connectivity index (χ0v) is 9.86. The van der Waals surface area contributed by atoms with E-state index in [0.29, 0.717) is 5.92 Å². The standard InChI is InChI=1S/C12H18N2O2/c1-3-11-13-9(6-12(15)16)10-5-4-8(2)7-14(10)11/h8H,3-7H2,1-2H3,(H,15,16). The van der Waals surface area contributed by atoms with Crippen LogP contribution in [-0.4, -0.2) is 20.6 Å². The van der Waals surface area contributed by atoms with Gasteiger partial charge in [0.25, 0.3) is 0 Å². The molecule has 4 heteroatoms. The summed E-state index contributed by atoms with van der Waals surface area (Å²) >= 11 is 0. The second-order valence-corrected chi connectivity index (χ2v) is 4.60. The quantitative estimate of drug-likeness (QED) is 0.846. The summed E-state index contributed by atoms with van der Waals surface area (Å²) in [5.41, 5.74) is 1.92. The highest BCUT2D eigenvalue weighted by Crippen LogP contribution is 2.24. The van der Waals surface area contributed by atoms with Crippen LogP contribution in [0.15, 0.2) is 0 Å². The Balaban J connectivity index is 2.37. The van der Waals surface area contributed by atoms with Gasteiger partial charge in [0.05, 0.1) is 12.1 Å². The highest BCUT2D eigenvalue weighted by atomic mass is 16.4. The molecule has 0 aliphatic carbocycles. The highest BCUT2D eigenvalue weighted by Gasteiger charge is 2.23. The second-order valence-electron chi connectivity index (χ2n) is 4.60. The Kier molecular flexibility index (Phi) is 2.99. The molecule has 4 nitrogen and oxygen atoms in total. The van der Waals surface area contributed by atoms with Crippen molar-refractivity contribution in [3.05, 3.63) is 17.2 Å². The molecule has 1 atom stereocenters. The largest absolute Gasteiger partial charge is 0.481 e. The summed E-state index contributed by atoms with van der Waals surface area (Å²) in [6.07, 6.45) is 3.04. The summed E-state index contributed by atoms with van der Waals surface area (Å²) in [5, 5.41) is 8.85. The zero-order chi connectivity index (χ0) is 11.7. The Morgan fingerprint density at radius 1 is 1.62 bits per heavy atom. The van der Waals surface area contributed by atoms with E-state index in [-0.39, 0.29) is 6.42 Å². The predicted octanol–water partition coefficient (Wildman–Crippen LogP) is 1.65. The van der Waals surface area contributed by atoms with Crippen LogP contribution in [0.1, 0.15) is 37.5 Å². The molecule has 1 aliphatic heterocycles. The third-order valence-corrected chi connectivity index (χ3v) is 3.24. The number of fused-ring (bicyclic) bond motifs is 1. The van der Waals surface area contributed by atoms with Crippen molar-refractivity contribution >= 4 is 5.97 Å². The normalized spacial score (nSPS) is 19.5. The van der Waals surface area contributed by atoms with Gasteiger partial charge < -0.3 is 9.67 Å². The van der Waals surface area contributed by atoms with Crippen molar-refractivity contribution in [1.29, 1.82) is 0 Å². The van der Waals surface area contributed by atoms with E-state index in [9.17, 15) is 4.79 Å². The lowest BCUT2D eigenvalue weighted by molar-refractivity contribution is -0.136. The van der Waals surface area contributed by atoms with Crippen LogP contribution in [0.4, 0.5) is 0 Å². The molecule has 2 rings (SSSR count). The van der Waals surface area contributed by atoms with Crippen molar-refractivity contribution in [2.24, 2.45) is 5.92 Å². The van der Waals surface area contributed by atoms with Crippen molar-refractivity contribution < 1.29 is 9.90 Å². The van der Waals surface area contributed by atoms with E-state index in [0.717, 1.165) is 43.0 Å². The van der Waals surface area contributed by atoms with Gasteiger partial charge in [-0.05, 0) is 18.8 Å². The summed E-state index contributed by atoms with van der Waals surface area (Å²) in [6.45, 7) is 5.30. The van der Waals surface area contributed by atoms with Gasteiger partial charge in [-0.25, -0.2) is 4.98 Å². The topological polar surface area (TPSA) is 55.1 Å². The van der Waals surface area contributed by atoms with Gasteiger partial charge in [0.1, 0.15) is 5.82 Å². The Hall–Kier alpha value is -1.32. The Morgan fingerprint density at radius 3 is 3.00 bits per heavy atom. The molecule has 0 fully saturated rings. The monoisotopic (exact) mass is 222 g/mol. The first-order valence-electron chi connectivity index (χ1n) is 5.90. The lowest BCUT2D eigenvalue weighted by Crippen LogP contribution is -2.20. The molecule has 0 radical (unpaired) electrons. The maximum atomic E-state index is 10.8. The summed E-state index contributed by atoms with van der Waals surface area (Å²) in [6, 6.07) is 0. The SMILES string of the molecule is CCc1nc(CC(=O)O)c2n1CC(C)CC2. The molecule has 1 aliphatic rings. The van der Waals surface area contributed by atoms with Gasteiger partial charge >= 0.3 is 5.97 Å². The Bertz CT molecular complexity index is 409. The number of rotatable bonds is 3. The van der Waals surface area contributed by atoms with Crippen LogP contribution in [0.3, 0.4) is 0 Å². The Morgan fingerprint density at radius 2 is 2.38 bits per heavy atom. The zero-order valence-electron chi connectivity index (χ0n) is 9.86. The minimum atomic E-state index is -0.790. The van der Waals surface area contributed by atoms with E-state index in [1.165, 1.54) is 0 Å². The molecule has 1 N–H and O–H groups in total. The number of nitrogens with zero attached hydrogens (tertiary/aromatic N) is 2. The molecule has 0 bridgehead atoms. The molecule has 0 aromatic carbocycles. The van der Waals surface area contributed by atoms with Gasteiger partial charge in [-0.15, -0.1) is 0 Å². The lowest BCUT2D eigenvalue weighted by atomic mass is 9.98. The maximum absolute atomic E-state index is 10.8. The van der Waals surface area contributed by atoms with Crippen molar-refractivity contribution in [1.82, 2.24) is 9.55 Å². The third kappa shape index (κ3) is 1.96. The van der Waals surface area contributed by atoms with Gasteiger partial charge in [0.15, 0.2) is 0 Å². The van der Waals surface area contributed by atoms with Gasteiger partial charge in [-0.1, -0.05) is 13.8 Å². The van der Waals surface area contributed by atoms with E-state index >= 15 is 0 Å². The molecule has 16 heavy (non-hydrogen) atoms. The van der Waals surface area contributed by atoms with Gasteiger partial charge in [-0.2, -0.15) is 0 Å². The van der Waals surface area contributed by atoms with Gasteiger partial charge in [0, 0.05) is 18.7 Å². The molecule has 0 saturated heterocycles. The second kappa shape index (κ2) is 4.28. The maximum Gasteiger partial charge on any atom is 0.309 e. The molecule has 88 valence electrons. The van der Waals surface area contributed by atoms with E-state index in [2.05, 4.69) is 23.4 Å². The molecule has 2 heterocycles. The average Bonchev–Trinajstić information content (AvgIpc) is 2.55. The van der Waals surface area contributed by atoms with Crippen LogP contribution in [0.2, 0.25) is 0 Å². The van der Waals surface area contributed by atoms with Crippen LogP contribution in [0.25, 0.3) is 0 Å². The molecular formula is C12H18N2O2. The van der Waals surface area contributed by atoms with Crippen LogP contribution in [-0.2, 0) is 30.6 Å². The fourth-order valence-electron chi connectivity index (χ4n) is 2.43. The molecule has 0 spiro atoms. The van der Waals surface area contributed by atoms with Crippen molar-refractivity contribution in [2.45, 2.75) is 46.1 Å². The first-order chi connectivity index (χ1) is 7.61. The fourth-order valence-corrected chi connectivity index (χ4v) is 2.43. The number of carboxylic acids is 1. The van der Waals surface area contributed by atoms with Gasteiger partial charge in [-0.3, -0.25) is 4.79 Å². The summed E-state index contributed by atoms with van der Waals surface area (Å²) < 4.78 is 2.23. The number of aromatic nitrogens is 2. The van der Waals surface area contributed by atoms with E-state index in [4.69, 9.17) is 5.11 Å². The number of hydrogen-bond donors (Lipinski definition) is 1. The number of carboxylic acid groups (broad SMARTS) is 1. The number of carbonyl (C=O) groups is 1. The van der Waals surface area contributed by atoms with E-state index < -0.39 is 5.97 Å². The van der Waals surface area contributed by atoms with Crippen LogP contribution >= 0.6 is 0 Å². The van der Waals surface area contributed by atoms with Crippen molar-refractivity contribution in [3.8, 4) is 0 Å². The third-order valence-electron chi connectivity index (χ3n) is 3.24. The van der Waals surface area contributed by atoms with Crippen molar-refractivity contribution in [3.63, 3.8) is 0 Å². The van der Waals surface area contributed by atoms with E-state index in [1.807, 2.05) is 0 Å². The summed E-state index contributed by atoms with van der Waals surface area (Å²) in [7, 11) is 0. The lowest BCUT2D eigenvalue weighted by Gasteiger charge is -2.22. The average molecular weight is 222 g/mol. The minimum Gasteiger partial charge on any atom is -0.481 e. The van der Waals surface area contributed by atoms with Crippen LogP contribution in [0, 0.1) is 5.92 Å². The molecule has 0 amide bonds. The number of imidazole rings is 1. The molecule has 0 saturated carbocycles. The smallest absolute Gasteiger partial charge is 0.309 e. The minimum absolute atomic E-state index is 0.0592. The first kappa shape index (κ1) is 11.2. The van der Waals surface area contributed by atoms with Crippen LogP contribution in [0.5, 0.6) is 0 Å². The molecule has 1 unspecified atom stereocenters. The summed E-state index contributed by atoms with van der Waals surface area (Å²) in [5.74, 6) is 0.921. The first-order valence-corrected chi connectivity index (χ1v) is 5.90. The fraction of sp³-hybridized carbons (Fsp3) is 0.667. The molecular weight excluding hydrogens is 204 g/mol. The number of aliphatic carboxylic acids is 1. The number of aryl methyl sites for hydroxylation is 1. The van der Waals surface area contributed by atoms with E-state index in [1.54, 1.807) is 0 Å².